The van der Waals surface area contributed by atoms with Crippen molar-refractivity contribution >= 4 is 11.3 Å². The second kappa shape index (κ2) is 6.17. The number of benzene rings is 1. The summed E-state index contributed by atoms with van der Waals surface area (Å²) in [5.74, 6) is 0.214. The first-order valence-corrected chi connectivity index (χ1v) is 7.21. The molecule has 2 nitrogen and oxygen atoms in total. The molecule has 0 radical (unpaired) electrons. The largest absolute Gasteiger partial charge is 0.483 e. The van der Waals surface area contributed by atoms with Gasteiger partial charge < -0.3 is 10.5 Å². The zero-order valence-electron chi connectivity index (χ0n) is 11.1. The monoisotopic (exact) mass is 279 g/mol. The number of nitrogens with two attached hydrogens (primary N) is 1. The molecule has 0 fully saturated rings. The molecule has 1 aromatic carbocycles. The fourth-order valence-corrected chi connectivity index (χ4v) is 2.94. The van der Waals surface area contributed by atoms with Crippen LogP contribution in [0.1, 0.15) is 29.9 Å². The molecule has 0 bridgehead atoms. The summed E-state index contributed by atoms with van der Waals surface area (Å²) >= 11 is 1.63. The fraction of sp³-hybridized carbons (Fsp3) is 0.333. The van der Waals surface area contributed by atoms with Gasteiger partial charge in [-0.25, -0.2) is 4.39 Å². The molecule has 1 heterocycles. The van der Waals surface area contributed by atoms with Crippen LogP contribution >= 0.6 is 11.3 Å². The van der Waals surface area contributed by atoms with Crippen LogP contribution in [0.25, 0.3) is 0 Å². The number of halogens is 1. The molecule has 2 aromatic rings. The summed E-state index contributed by atoms with van der Waals surface area (Å²) < 4.78 is 19.1. The Labute approximate surface area is 117 Å². The summed E-state index contributed by atoms with van der Waals surface area (Å²) in [6.07, 6.45) is 0.573. The predicted molar refractivity (Wildman–Crippen MR) is 77.1 cm³/mol. The van der Waals surface area contributed by atoms with Crippen LogP contribution in [0.4, 0.5) is 4.39 Å². The van der Waals surface area contributed by atoms with E-state index >= 15 is 0 Å². The minimum Gasteiger partial charge on any atom is -0.483 e. The zero-order valence-corrected chi connectivity index (χ0v) is 11.9. The van der Waals surface area contributed by atoms with Crippen molar-refractivity contribution in [2.24, 2.45) is 5.73 Å². The first-order valence-electron chi connectivity index (χ1n) is 6.33. The summed E-state index contributed by atoms with van der Waals surface area (Å²) in [6.45, 7) is 4.06. The lowest BCUT2D eigenvalue weighted by molar-refractivity contribution is 0.173. The Balaban J connectivity index is 2.27. The van der Waals surface area contributed by atoms with Gasteiger partial charge in [-0.3, -0.25) is 0 Å². The molecule has 19 heavy (non-hydrogen) atoms. The van der Waals surface area contributed by atoms with Gasteiger partial charge in [-0.05, 0) is 42.5 Å². The number of hydrogen-bond donors (Lipinski definition) is 1. The van der Waals surface area contributed by atoms with Crippen molar-refractivity contribution in [3.63, 3.8) is 0 Å². The Morgan fingerprint density at radius 1 is 1.37 bits per heavy atom. The molecule has 0 aliphatic carbocycles. The van der Waals surface area contributed by atoms with Crippen molar-refractivity contribution in [1.82, 2.24) is 0 Å². The quantitative estimate of drug-likeness (QED) is 0.896. The molecule has 102 valence electrons. The minimum absolute atomic E-state index is 0.111. The van der Waals surface area contributed by atoms with E-state index in [4.69, 9.17) is 10.5 Å². The van der Waals surface area contributed by atoms with Gasteiger partial charge in [0.1, 0.15) is 17.7 Å². The normalized spacial score (nSPS) is 14.1. The number of ether oxygens (including phenoxy) is 1. The van der Waals surface area contributed by atoms with E-state index in [1.165, 1.54) is 12.1 Å². The third-order valence-electron chi connectivity index (χ3n) is 3.08. The SMILES string of the molecule is CCC(N)C(Oc1cccc(F)c1)c1sccc1C. The van der Waals surface area contributed by atoms with E-state index in [1.54, 1.807) is 23.5 Å². The summed E-state index contributed by atoms with van der Waals surface area (Å²) in [5.41, 5.74) is 7.31. The van der Waals surface area contributed by atoms with E-state index in [9.17, 15) is 4.39 Å². The van der Waals surface area contributed by atoms with Crippen molar-refractivity contribution in [1.29, 1.82) is 0 Å². The number of hydrogen-bond acceptors (Lipinski definition) is 3. The van der Waals surface area contributed by atoms with E-state index in [-0.39, 0.29) is 18.0 Å². The molecule has 0 saturated carbocycles. The lowest BCUT2D eigenvalue weighted by Gasteiger charge is -2.24. The first kappa shape index (κ1) is 14.0. The molecular weight excluding hydrogens is 261 g/mol. The van der Waals surface area contributed by atoms with Crippen LogP contribution in [0.5, 0.6) is 5.75 Å². The maximum absolute atomic E-state index is 13.2. The summed E-state index contributed by atoms with van der Waals surface area (Å²) in [5, 5.41) is 2.02. The molecule has 2 unspecified atom stereocenters. The molecule has 2 atom stereocenters. The molecule has 4 heteroatoms. The van der Waals surface area contributed by atoms with Gasteiger partial charge >= 0.3 is 0 Å². The van der Waals surface area contributed by atoms with Crippen LogP contribution in [0.2, 0.25) is 0 Å². The van der Waals surface area contributed by atoms with Crippen LogP contribution in [-0.4, -0.2) is 6.04 Å². The number of aryl methyl sites for hydroxylation is 1. The first-order chi connectivity index (χ1) is 9.11. The fourth-order valence-electron chi connectivity index (χ4n) is 1.91. The molecule has 2 rings (SSSR count). The van der Waals surface area contributed by atoms with Crippen molar-refractivity contribution in [2.45, 2.75) is 32.4 Å². The van der Waals surface area contributed by atoms with Crippen LogP contribution in [0.3, 0.4) is 0 Å². The Morgan fingerprint density at radius 2 is 2.16 bits per heavy atom. The molecule has 1 aromatic heterocycles. The minimum atomic E-state index is -0.302. The second-order valence-corrected chi connectivity index (χ2v) is 5.48. The second-order valence-electron chi connectivity index (χ2n) is 4.54. The molecule has 0 aliphatic rings. The van der Waals surface area contributed by atoms with Gasteiger partial charge in [0, 0.05) is 17.0 Å². The standard InChI is InChI=1S/C15H18FNOS/c1-3-13(17)14(15-10(2)7-8-19-15)18-12-6-4-5-11(16)9-12/h4-9,13-14H,3,17H2,1-2H3. The van der Waals surface area contributed by atoms with E-state index in [1.807, 2.05) is 25.3 Å². The Bertz CT molecular complexity index is 540. The predicted octanol–water partition coefficient (Wildman–Crippen LogP) is 4.05. The van der Waals surface area contributed by atoms with E-state index in [0.717, 1.165) is 16.9 Å². The third kappa shape index (κ3) is 3.33. The van der Waals surface area contributed by atoms with Crippen LogP contribution in [-0.2, 0) is 0 Å². The van der Waals surface area contributed by atoms with Gasteiger partial charge in [-0.15, -0.1) is 11.3 Å². The Hall–Kier alpha value is -1.39. The lowest BCUT2D eigenvalue weighted by Crippen LogP contribution is -2.31. The Kier molecular flexibility index (Phi) is 4.56. The zero-order chi connectivity index (χ0) is 13.8. The average molecular weight is 279 g/mol. The molecule has 0 saturated heterocycles. The van der Waals surface area contributed by atoms with Gasteiger partial charge in [0.05, 0.1) is 0 Å². The topological polar surface area (TPSA) is 35.2 Å². The van der Waals surface area contributed by atoms with Crippen molar-refractivity contribution < 1.29 is 9.13 Å². The highest BCUT2D eigenvalue weighted by atomic mass is 32.1. The molecular formula is C15H18FNOS. The van der Waals surface area contributed by atoms with Crippen LogP contribution < -0.4 is 10.5 Å². The van der Waals surface area contributed by atoms with Gasteiger partial charge in [-0.1, -0.05) is 13.0 Å². The van der Waals surface area contributed by atoms with E-state index in [2.05, 4.69) is 0 Å². The molecule has 0 aliphatic heterocycles. The maximum atomic E-state index is 13.2. The Morgan fingerprint density at radius 3 is 2.74 bits per heavy atom. The van der Waals surface area contributed by atoms with Crippen LogP contribution in [0, 0.1) is 12.7 Å². The average Bonchev–Trinajstić information content (AvgIpc) is 2.81. The lowest BCUT2D eigenvalue weighted by atomic mass is 10.1. The van der Waals surface area contributed by atoms with E-state index in [0.29, 0.717) is 5.75 Å². The molecule has 0 spiro atoms. The van der Waals surface area contributed by atoms with Gasteiger partial charge in [0.15, 0.2) is 0 Å². The molecule has 2 N–H and O–H groups in total. The highest BCUT2D eigenvalue weighted by molar-refractivity contribution is 7.10. The van der Waals surface area contributed by atoms with Crippen LogP contribution in [0.15, 0.2) is 35.7 Å². The van der Waals surface area contributed by atoms with Gasteiger partial charge in [0.2, 0.25) is 0 Å². The van der Waals surface area contributed by atoms with Crippen molar-refractivity contribution in [3.05, 3.63) is 52.0 Å². The van der Waals surface area contributed by atoms with Crippen molar-refractivity contribution in [3.8, 4) is 5.75 Å². The maximum Gasteiger partial charge on any atom is 0.148 e. The van der Waals surface area contributed by atoms with Gasteiger partial charge in [-0.2, -0.15) is 0 Å². The van der Waals surface area contributed by atoms with Crippen molar-refractivity contribution in [2.75, 3.05) is 0 Å². The van der Waals surface area contributed by atoms with E-state index < -0.39 is 0 Å². The smallest absolute Gasteiger partial charge is 0.148 e. The molecule has 0 amide bonds. The summed E-state index contributed by atoms with van der Waals surface area (Å²) in [6, 6.07) is 8.11. The van der Waals surface area contributed by atoms with Gasteiger partial charge in [0.25, 0.3) is 0 Å². The highest BCUT2D eigenvalue weighted by Crippen LogP contribution is 2.31. The number of thiophene rings is 1. The highest BCUT2D eigenvalue weighted by Gasteiger charge is 2.23. The summed E-state index contributed by atoms with van der Waals surface area (Å²) in [7, 11) is 0. The number of rotatable bonds is 5. The third-order valence-corrected chi connectivity index (χ3v) is 4.16. The summed E-state index contributed by atoms with van der Waals surface area (Å²) in [4.78, 5) is 1.11.